The Morgan fingerprint density at radius 2 is 1.75 bits per heavy atom. The molecule has 3 aromatic heterocycles. The molecule has 9 nitrogen and oxygen atoms in total. The summed E-state index contributed by atoms with van der Waals surface area (Å²) < 4.78 is 32.2. The number of carbonyl (C=O) groups is 2. The zero-order valence-electron chi connectivity index (χ0n) is 23.8. The number of alkyl halides is 1. The van der Waals surface area contributed by atoms with Crippen LogP contribution in [0.3, 0.4) is 0 Å². The molecule has 5 heterocycles. The smallest absolute Gasteiger partial charge is 0.308 e. The van der Waals surface area contributed by atoms with Crippen LogP contribution in [0.25, 0.3) is 28.3 Å². The number of carboxylic acid groups (broad SMARTS) is 1. The van der Waals surface area contributed by atoms with Gasteiger partial charge in [-0.2, -0.15) is 5.10 Å². The molecule has 44 heavy (non-hydrogen) atoms. The Hall–Kier alpha value is -5.19. The summed E-state index contributed by atoms with van der Waals surface area (Å²) in [6.45, 7) is 2.62. The predicted molar refractivity (Wildman–Crippen MR) is 159 cm³/mol. The third kappa shape index (κ3) is 4.74. The van der Waals surface area contributed by atoms with E-state index in [1.807, 2.05) is 30.0 Å². The van der Waals surface area contributed by atoms with E-state index >= 15 is 8.78 Å². The Morgan fingerprint density at radius 3 is 2.48 bits per heavy atom. The van der Waals surface area contributed by atoms with Gasteiger partial charge in [0, 0.05) is 36.6 Å². The highest BCUT2D eigenvalue weighted by molar-refractivity contribution is 5.94. The average Bonchev–Trinajstić information content (AvgIpc) is 3.71. The molecule has 2 aliphatic rings. The van der Waals surface area contributed by atoms with E-state index in [-0.39, 0.29) is 23.8 Å². The number of benzene rings is 2. The van der Waals surface area contributed by atoms with E-state index in [2.05, 4.69) is 15.1 Å². The third-order valence-electron chi connectivity index (χ3n) is 8.57. The van der Waals surface area contributed by atoms with Crippen LogP contribution in [0.5, 0.6) is 0 Å². The van der Waals surface area contributed by atoms with Crippen LogP contribution in [0.15, 0.2) is 79.0 Å². The zero-order valence-corrected chi connectivity index (χ0v) is 23.8. The number of amides is 1. The number of carboxylic acids is 1. The van der Waals surface area contributed by atoms with Gasteiger partial charge in [0.05, 0.1) is 35.6 Å². The molecule has 1 saturated heterocycles. The van der Waals surface area contributed by atoms with E-state index in [4.69, 9.17) is 0 Å². The topological polar surface area (TPSA) is 104 Å². The maximum Gasteiger partial charge on any atom is 0.308 e. The Kier molecular flexibility index (Phi) is 6.80. The van der Waals surface area contributed by atoms with Gasteiger partial charge >= 0.3 is 5.97 Å². The van der Waals surface area contributed by atoms with E-state index in [9.17, 15) is 14.7 Å². The molecule has 3 atom stereocenters. The van der Waals surface area contributed by atoms with Crippen molar-refractivity contribution < 1.29 is 23.5 Å². The molecule has 2 aromatic carbocycles. The SMILES string of the molecule is C[C@@H]1c2ccccc2[C@H](F)CN1C(=O)c1cc(-c2ccccn2)n2nc(-c3ccc(N4CC[C@H](C(=O)O)C4)cc3F)cc2n1. The van der Waals surface area contributed by atoms with Crippen molar-refractivity contribution >= 4 is 23.2 Å². The van der Waals surface area contributed by atoms with Crippen LogP contribution in [0.1, 0.15) is 47.2 Å². The molecule has 222 valence electrons. The van der Waals surface area contributed by atoms with E-state index in [1.165, 1.54) is 15.5 Å². The lowest BCUT2D eigenvalue weighted by Crippen LogP contribution is -2.40. The highest BCUT2D eigenvalue weighted by atomic mass is 19.1. The largest absolute Gasteiger partial charge is 0.481 e. The summed E-state index contributed by atoms with van der Waals surface area (Å²) in [5.74, 6) is -2.29. The number of nitrogens with zero attached hydrogens (tertiary/aromatic N) is 6. The molecular weight excluding hydrogens is 566 g/mol. The number of fused-ring (bicyclic) bond motifs is 2. The molecule has 0 bridgehead atoms. The number of pyridine rings is 1. The van der Waals surface area contributed by atoms with E-state index in [0.29, 0.717) is 53.5 Å². The van der Waals surface area contributed by atoms with Crippen LogP contribution in [0.4, 0.5) is 14.5 Å². The molecule has 1 amide bonds. The monoisotopic (exact) mass is 594 g/mol. The Balaban J connectivity index is 1.27. The minimum atomic E-state index is -1.33. The van der Waals surface area contributed by atoms with Crippen molar-refractivity contribution in [2.24, 2.45) is 5.92 Å². The van der Waals surface area contributed by atoms with Gasteiger partial charge < -0.3 is 14.9 Å². The highest BCUT2D eigenvalue weighted by Gasteiger charge is 2.35. The molecule has 1 fully saturated rings. The summed E-state index contributed by atoms with van der Waals surface area (Å²) in [5, 5.41) is 14.0. The fraction of sp³-hybridized carbons (Fsp3) is 0.242. The van der Waals surface area contributed by atoms with Gasteiger partial charge in [-0.15, -0.1) is 0 Å². The number of aromatic nitrogens is 4. The molecule has 5 aromatic rings. The highest BCUT2D eigenvalue weighted by Crippen LogP contribution is 2.37. The molecule has 2 aliphatic heterocycles. The maximum absolute atomic E-state index is 15.5. The maximum atomic E-state index is 15.5. The van der Waals surface area contributed by atoms with Crippen LogP contribution in [0.2, 0.25) is 0 Å². The lowest BCUT2D eigenvalue weighted by molar-refractivity contribution is -0.140. The number of rotatable bonds is 5. The normalized spacial score (nSPS) is 19.8. The Bertz CT molecular complexity index is 1910. The molecular formula is C33H28F2N6O3. The summed E-state index contributed by atoms with van der Waals surface area (Å²) in [6, 6.07) is 20.1. The zero-order chi connectivity index (χ0) is 30.5. The van der Waals surface area contributed by atoms with Gasteiger partial charge in [0.15, 0.2) is 5.65 Å². The second-order valence-corrected chi connectivity index (χ2v) is 11.2. The van der Waals surface area contributed by atoms with Gasteiger partial charge in [-0.05, 0) is 60.9 Å². The number of hydrogen-bond donors (Lipinski definition) is 1. The molecule has 0 saturated carbocycles. The second kappa shape index (κ2) is 10.8. The molecule has 11 heteroatoms. The quantitative estimate of drug-likeness (QED) is 0.277. The fourth-order valence-electron chi connectivity index (χ4n) is 6.20. The van der Waals surface area contributed by atoms with Crippen molar-refractivity contribution in [3.63, 3.8) is 0 Å². The van der Waals surface area contributed by atoms with Crippen LogP contribution in [-0.2, 0) is 4.79 Å². The fourth-order valence-corrected chi connectivity index (χ4v) is 6.20. The molecule has 0 unspecified atom stereocenters. The van der Waals surface area contributed by atoms with Crippen molar-refractivity contribution in [1.82, 2.24) is 24.5 Å². The molecule has 7 rings (SSSR count). The molecule has 0 spiro atoms. The van der Waals surface area contributed by atoms with E-state index in [1.54, 1.807) is 54.7 Å². The van der Waals surface area contributed by atoms with Gasteiger partial charge in [0.25, 0.3) is 5.91 Å². The molecule has 1 N–H and O–H groups in total. The van der Waals surface area contributed by atoms with Crippen molar-refractivity contribution in [2.75, 3.05) is 24.5 Å². The predicted octanol–water partition coefficient (Wildman–Crippen LogP) is 5.74. The lowest BCUT2D eigenvalue weighted by Gasteiger charge is -2.36. The summed E-state index contributed by atoms with van der Waals surface area (Å²) >= 11 is 0. The Labute approximate surface area is 251 Å². The van der Waals surface area contributed by atoms with Gasteiger partial charge in [-0.25, -0.2) is 18.3 Å². The van der Waals surface area contributed by atoms with Gasteiger partial charge in [-0.1, -0.05) is 30.3 Å². The van der Waals surface area contributed by atoms with Crippen LogP contribution in [0, 0.1) is 11.7 Å². The lowest BCUT2D eigenvalue weighted by atomic mass is 9.92. The summed E-state index contributed by atoms with van der Waals surface area (Å²) in [7, 11) is 0. The molecule has 0 aliphatic carbocycles. The van der Waals surface area contributed by atoms with Crippen LogP contribution in [-0.4, -0.2) is 61.1 Å². The first-order chi connectivity index (χ1) is 21.3. The Morgan fingerprint density at radius 1 is 0.955 bits per heavy atom. The van der Waals surface area contributed by atoms with Crippen molar-refractivity contribution in [3.05, 3.63) is 102 Å². The second-order valence-electron chi connectivity index (χ2n) is 11.2. The first kappa shape index (κ1) is 27.6. The van der Waals surface area contributed by atoms with E-state index in [0.717, 1.165) is 5.56 Å². The summed E-state index contributed by atoms with van der Waals surface area (Å²) in [5.41, 5.74) is 3.88. The third-order valence-corrected chi connectivity index (χ3v) is 8.57. The van der Waals surface area contributed by atoms with Gasteiger partial charge in [0.2, 0.25) is 0 Å². The first-order valence-electron chi connectivity index (χ1n) is 14.4. The number of hydrogen-bond acceptors (Lipinski definition) is 6. The number of halogens is 2. The van der Waals surface area contributed by atoms with Crippen molar-refractivity contribution in [3.8, 4) is 22.6 Å². The van der Waals surface area contributed by atoms with Crippen molar-refractivity contribution in [1.29, 1.82) is 0 Å². The standard InChI is InChI=1S/C33H28F2N6O3/c1-19-22-6-2-3-7-23(22)26(35)18-40(19)32(42)29-15-30(27-8-4-5-12-36-27)41-31(37-29)16-28(38-41)24-10-9-21(14-25(24)34)39-13-11-20(17-39)33(43)44/h2-10,12,14-16,19-20,26H,11,13,17-18H2,1H3,(H,43,44)/t19-,20+,26-/m1/s1. The summed E-state index contributed by atoms with van der Waals surface area (Å²) in [4.78, 5) is 37.7. The van der Waals surface area contributed by atoms with E-state index < -0.39 is 29.8 Å². The number of anilines is 1. The van der Waals surface area contributed by atoms with Crippen molar-refractivity contribution in [2.45, 2.75) is 25.6 Å². The van der Waals surface area contributed by atoms with Gasteiger partial charge in [0.1, 0.15) is 17.7 Å². The van der Waals surface area contributed by atoms with Gasteiger partial charge in [-0.3, -0.25) is 14.6 Å². The van der Waals surface area contributed by atoms with Crippen LogP contribution < -0.4 is 4.90 Å². The molecule has 0 radical (unpaired) electrons. The first-order valence-corrected chi connectivity index (χ1v) is 14.4. The summed E-state index contributed by atoms with van der Waals surface area (Å²) in [6.07, 6.45) is 0.799. The van der Waals surface area contributed by atoms with Crippen LogP contribution >= 0.6 is 0 Å². The number of carbonyl (C=O) groups excluding carboxylic acids is 1. The minimum Gasteiger partial charge on any atom is -0.481 e. The number of aliphatic carboxylic acids is 1. The average molecular weight is 595 g/mol. The minimum absolute atomic E-state index is 0.0980.